The Kier molecular flexibility index (Phi) is 3.56. The number of rotatable bonds is 4. The van der Waals surface area contributed by atoms with Gasteiger partial charge in [0.25, 0.3) is 0 Å². The summed E-state index contributed by atoms with van der Waals surface area (Å²) in [5.74, 6) is -2.90. The van der Waals surface area contributed by atoms with Crippen LogP contribution in [0.1, 0.15) is 17.9 Å². The van der Waals surface area contributed by atoms with Crippen molar-refractivity contribution < 1.29 is 18.7 Å². The highest BCUT2D eigenvalue weighted by Crippen LogP contribution is 2.22. The standard InChI is InChI=1S/C10H10F2O2/c11-6-5-8(10(13)14)7-3-1-2-4-9(7)12/h1-4,8H,5-6H2,(H,13,14). The van der Waals surface area contributed by atoms with Crippen LogP contribution in [0.2, 0.25) is 0 Å². The van der Waals surface area contributed by atoms with E-state index >= 15 is 0 Å². The molecule has 1 atom stereocenters. The van der Waals surface area contributed by atoms with Gasteiger partial charge < -0.3 is 5.11 Å². The lowest BCUT2D eigenvalue weighted by atomic mass is 9.96. The van der Waals surface area contributed by atoms with E-state index in [1.165, 1.54) is 24.3 Å². The first kappa shape index (κ1) is 10.6. The van der Waals surface area contributed by atoms with Gasteiger partial charge in [-0.05, 0) is 12.5 Å². The van der Waals surface area contributed by atoms with Crippen molar-refractivity contribution in [1.82, 2.24) is 0 Å². The Morgan fingerprint density at radius 1 is 1.43 bits per heavy atom. The summed E-state index contributed by atoms with van der Waals surface area (Å²) in [6.45, 7) is -0.773. The molecule has 1 unspecified atom stereocenters. The minimum Gasteiger partial charge on any atom is -0.481 e. The minimum absolute atomic E-state index is 0.0395. The summed E-state index contributed by atoms with van der Waals surface area (Å²) in [4.78, 5) is 10.7. The van der Waals surface area contributed by atoms with Gasteiger partial charge in [0.1, 0.15) is 5.82 Å². The first-order valence-electron chi connectivity index (χ1n) is 4.20. The summed E-state index contributed by atoms with van der Waals surface area (Å²) in [6.07, 6.45) is -0.198. The first-order chi connectivity index (χ1) is 6.66. The first-order valence-corrected chi connectivity index (χ1v) is 4.20. The van der Waals surface area contributed by atoms with Gasteiger partial charge in [-0.15, -0.1) is 0 Å². The molecule has 1 rings (SSSR count). The summed E-state index contributed by atoms with van der Waals surface area (Å²) in [5.41, 5.74) is 0.0395. The van der Waals surface area contributed by atoms with Gasteiger partial charge in [0, 0.05) is 5.56 Å². The van der Waals surface area contributed by atoms with E-state index in [0.29, 0.717) is 0 Å². The monoisotopic (exact) mass is 200 g/mol. The highest BCUT2D eigenvalue weighted by atomic mass is 19.1. The average molecular weight is 200 g/mol. The van der Waals surface area contributed by atoms with Crippen LogP contribution in [0.5, 0.6) is 0 Å². The fraction of sp³-hybridized carbons (Fsp3) is 0.300. The van der Waals surface area contributed by atoms with Gasteiger partial charge in [-0.1, -0.05) is 18.2 Å². The number of carboxylic acids is 1. The minimum atomic E-state index is -1.20. The maximum atomic E-state index is 13.1. The zero-order chi connectivity index (χ0) is 10.6. The molecule has 2 nitrogen and oxygen atoms in total. The summed E-state index contributed by atoms with van der Waals surface area (Å²) >= 11 is 0. The van der Waals surface area contributed by atoms with Gasteiger partial charge in [-0.25, -0.2) is 4.39 Å². The quantitative estimate of drug-likeness (QED) is 0.810. The molecule has 0 aromatic heterocycles. The molecule has 0 aliphatic rings. The predicted molar refractivity (Wildman–Crippen MR) is 47.4 cm³/mol. The molecule has 0 heterocycles. The Balaban J connectivity index is 2.99. The van der Waals surface area contributed by atoms with Crippen LogP contribution in [0.4, 0.5) is 8.78 Å². The van der Waals surface area contributed by atoms with Crippen molar-refractivity contribution in [2.75, 3.05) is 6.67 Å². The number of halogens is 2. The van der Waals surface area contributed by atoms with E-state index in [9.17, 15) is 13.6 Å². The van der Waals surface area contributed by atoms with Crippen molar-refractivity contribution in [1.29, 1.82) is 0 Å². The van der Waals surface area contributed by atoms with Crippen molar-refractivity contribution in [2.45, 2.75) is 12.3 Å². The Morgan fingerprint density at radius 3 is 2.57 bits per heavy atom. The van der Waals surface area contributed by atoms with Gasteiger partial charge in [0.05, 0.1) is 12.6 Å². The van der Waals surface area contributed by atoms with E-state index in [1.807, 2.05) is 0 Å². The molecule has 0 aliphatic carbocycles. The lowest BCUT2D eigenvalue weighted by Gasteiger charge is -2.10. The molecule has 1 aromatic carbocycles. The molecule has 4 heteroatoms. The summed E-state index contributed by atoms with van der Waals surface area (Å²) < 4.78 is 25.2. The van der Waals surface area contributed by atoms with Crippen molar-refractivity contribution in [3.63, 3.8) is 0 Å². The number of benzene rings is 1. The molecule has 0 aliphatic heterocycles. The Labute approximate surface area is 80.2 Å². The van der Waals surface area contributed by atoms with E-state index in [-0.39, 0.29) is 12.0 Å². The fourth-order valence-corrected chi connectivity index (χ4v) is 1.28. The lowest BCUT2D eigenvalue weighted by Crippen LogP contribution is -2.13. The zero-order valence-electron chi connectivity index (χ0n) is 7.41. The molecule has 0 saturated heterocycles. The van der Waals surface area contributed by atoms with Crippen molar-refractivity contribution in [3.8, 4) is 0 Å². The molecule has 0 amide bonds. The van der Waals surface area contributed by atoms with Gasteiger partial charge in [-0.3, -0.25) is 9.18 Å². The number of hydrogen-bond acceptors (Lipinski definition) is 1. The number of hydrogen-bond donors (Lipinski definition) is 1. The molecule has 0 fully saturated rings. The van der Waals surface area contributed by atoms with Crippen molar-refractivity contribution in [3.05, 3.63) is 35.6 Å². The molecular formula is C10H10F2O2. The molecule has 76 valence electrons. The Bertz CT molecular complexity index is 326. The molecule has 1 aromatic rings. The number of carbonyl (C=O) groups is 1. The molecule has 1 N–H and O–H groups in total. The maximum Gasteiger partial charge on any atom is 0.311 e. The topological polar surface area (TPSA) is 37.3 Å². The van der Waals surface area contributed by atoms with E-state index in [4.69, 9.17) is 5.11 Å². The largest absolute Gasteiger partial charge is 0.481 e. The van der Waals surface area contributed by atoms with E-state index < -0.39 is 24.4 Å². The molecule has 0 radical (unpaired) electrons. The second-order valence-electron chi connectivity index (χ2n) is 2.89. The van der Waals surface area contributed by atoms with Crippen LogP contribution in [-0.2, 0) is 4.79 Å². The van der Waals surface area contributed by atoms with Gasteiger partial charge in [-0.2, -0.15) is 0 Å². The lowest BCUT2D eigenvalue weighted by molar-refractivity contribution is -0.139. The zero-order valence-corrected chi connectivity index (χ0v) is 7.41. The summed E-state index contributed by atoms with van der Waals surface area (Å²) in [7, 11) is 0. The molecule has 0 bridgehead atoms. The van der Waals surface area contributed by atoms with Crippen LogP contribution in [-0.4, -0.2) is 17.8 Å². The Morgan fingerprint density at radius 2 is 2.07 bits per heavy atom. The highest BCUT2D eigenvalue weighted by Gasteiger charge is 2.22. The predicted octanol–water partition coefficient (Wildman–Crippen LogP) is 2.35. The van der Waals surface area contributed by atoms with Gasteiger partial charge in [0.2, 0.25) is 0 Å². The van der Waals surface area contributed by atoms with Crippen molar-refractivity contribution in [2.24, 2.45) is 0 Å². The average Bonchev–Trinajstić information content (AvgIpc) is 2.15. The number of aliphatic carboxylic acids is 1. The molecular weight excluding hydrogens is 190 g/mol. The Hall–Kier alpha value is -1.45. The molecule has 0 saturated carbocycles. The van der Waals surface area contributed by atoms with Crippen LogP contribution in [0.3, 0.4) is 0 Å². The van der Waals surface area contributed by atoms with Crippen molar-refractivity contribution >= 4 is 5.97 Å². The third kappa shape index (κ3) is 2.28. The maximum absolute atomic E-state index is 13.1. The van der Waals surface area contributed by atoms with E-state index in [2.05, 4.69) is 0 Å². The van der Waals surface area contributed by atoms with Gasteiger partial charge in [0.15, 0.2) is 0 Å². The van der Waals surface area contributed by atoms with E-state index in [0.717, 1.165) is 0 Å². The van der Waals surface area contributed by atoms with Crippen LogP contribution in [0.25, 0.3) is 0 Å². The summed E-state index contributed by atoms with van der Waals surface area (Å²) in [6, 6.07) is 5.53. The van der Waals surface area contributed by atoms with Crippen LogP contribution < -0.4 is 0 Å². The second-order valence-corrected chi connectivity index (χ2v) is 2.89. The third-order valence-electron chi connectivity index (χ3n) is 1.98. The molecule has 0 spiro atoms. The number of carboxylic acid groups (broad SMARTS) is 1. The van der Waals surface area contributed by atoms with Gasteiger partial charge >= 0.3 is 5.97 Å². The second kappa shape index (κ2) is 4.69. The van der Waals surface area contributed by atoms with E-state index in [1.54, 1.807) is 0 Å². The SMILES string of the molecule is O=C(O)C(CCF)c1ccccc1F. The smallest absolute Gasteiger partial charge is 0.311 e. The van der Waals surface area contributed by atoms with Crippen LogP contribution >= 0.6 is 0 Å². The molecule has 14 heavy (non-hydrogen) atoms. The highest BCUT2D eigenvalue weighted by molar-refractivity contribution is 5.76. The van der Waals surface area contributed by atoms with Crippen LogP contribution in [0.15, 0.2) is 24.3 Å². The fourth-order valence-electron chi connectivity index (χ4n) is 1.28. The third-order valence-corrected chi connectivity index (χ3v) is 1.98. The number of alkyl halides is 1. The van der Waals surface area contributed by atoms with Crippen LogP contribution in [0, 0.1) is 5.82 Å². The summed E-state index contributed by atoms with van der Waals surface area (Å²) in [5, 5.41) is 8.75. The normalized spacial score (nSPS) is 12.4.